The Morgan fingerprint density at radius 3 is 2.71 bits per heavy atom. The van der Waals surface area contributed by atoms with E-state index in [1.807, 2.05) is 35.2 Å². The highest BCUT2D eigenvalue weighted by molar-refractivity contribution is 5.68. The first kappa shape index (κ1) is 17.2. The lowest BCUT2D eigenvalue weighted by Crippen LogP contribution is -2.50. The van der Waals surface area contributed by atoms with Crippen LogP contribution in [0, 0.1) is 0 Å². The quantitative estimate of drug-likeness (QED) is 0.834. The highest BCUT2D eigenvalue weighted by Gasteiger charge is 2.34. The van der Waals surface area contributed by atoms with E-state index in [-0.39, 0.29) is 12.1 Å². The predicted molar refractivity (Wildman–Crippen MR) is 94.6 cm³/mol. The second-order valence-electron chi connectivity index (χ2n) is 6.90. The molecule has 2 fully saturated rings. The minimum atomic E-state index is -0.174. The van der Waals surface area contributed by atoms with Crippen molar-refractivity contribution < 1.29 is 9.53 Å². The van der Waals surface area contributed by atoms with Gasteiger partial charge in [-0.1, -0.05) is 30.3 Å². The summed E-state index contributed by atoms with van der Waals surface area (Å²) in [6.45, 7) is 3.69. The molecule has 1 aliphatic heterocycles. The lowest BCUT2D eigenvalue weighted by atomic mass is 10.0. The second kappa shape index (κ2) is 8.49. The Morgan fingerprint density at radius 1 is 1.21 bits per heavy atom. The van der Waals surface area contributed by atoms with Crippen LogP contribution in [0.2, 0.25) is 0 Å². The average molecular weight is 331 g/mol. The molecular weight excluding hydrogens is 302 g/mol. The zero-order valence-electron chi connectivity index (χ0n) is 14.4. The van der Waals surface area contributed by atoms with Crippen molar-refractivity contribution in [3.8, 4) is 0 Å². The average Bonchev–Trinajstić information content (AvgIpc) is 3.46. The van der Waals surface area contributed by atoms with E-state index in [1.54, 1.807) is 0 Å². The first-order valence-electron chi connectivity index (χ1n) is 9.19. The highest BCUT2D eigenvalue weighted by atomic mass is 16.6. The van der Waals surface area contributed by atoms with E-state index in [9.17, 15) is 4.79 Å². The van der Waals surface area contributed by atoms with Gasteiger partial charge in [-0.25, -0.2) is 4.79 Å². The molecule has 1 aromatic carbocycles. The van der Waals surface area contributed by atoms with Gasteiger partial charge in [0.1, 0.15) is 6.61 Å². The fourth-order valence-corrected chi connectivity index (χ4v) is 3.53. The summed E-state index contributed by atoms with van der Waals surface area (Å²) in [6, 6.07) is 10.8. The number of benzene rings is 1. The van der Waals surface area contributed by atoms with Crippen molar-refractivity contribution in [2.75, 3.05) is 26.2 Å². The molecule has 2 aliphatic rings. The fraction of sp³-hybridized carbons (Fsp3) is 0.632. The summed E-state index contributed by atoms with van der Waals surface area (Å²) < 4.78 is 5.56. The lowest BCUT2D eigenvalue weighted by Gasteiger charge is -2.38. The molecule has 1 aliphatic carbocycles. The van der Waals surface area contributed by atoms with Crippen molar-refractivity contribution in [2.45, 2.75) is 50.8 Å². The molecule has 24 heavy (non-hydrogen) atoms. The van der Waals surface area contributed by atoms with E-state index in [0.717, 1.165) is 38.0 Å². The highest BCUT2D eigenvalue weighted by Crippen LogP contribution is 2.28. The van der Waals surface area contributed by atoms with E-state index in [2.05, 4.69) is 4.90 Å². The number of amides is 1. The third-order valence-corrected chi connectivity index (χ3v) is 4.99. The van der Waals surface area contributed by atoms with Gasteiger partial charge in [0.15, 0.2) is 0 Å². The Kier molecular flexibility index (Phi) is 6.10. The third kappa shape index (κ3) is 4.71. The molecule has 1 unspecified atom stereocenters. The van der Waals surface area contributed by atoms with Crippen molar-refractivity contribution in [2.24, 2.45) is 5.73 Å². The number of piperidine rings is 1. The molecule has 0 aromatic heterocycles. The summed E-state index contributed by atoms with van der Waals surface area (Å²) in [5.74, 6) is 0. The predicted octanol–water partition coefficient (Wildman–Crippen LogP) is 2.60. The maximum Gasteiger partial charge on any atom is 0.410 e. The maximum atomic E-state index is 12.6. The number of hydrogen-bond donors (Lipinski definition) is 1. The van der Waals surface area contributed by atoms with Crippen LogP contribution in [0.25, 0.3) is 0 Å². The largest absolute Gasteiger partial charge is 0.445 e. The van der Waals surface area contributed by atoms with Gasteiger partial charge in [0, 0.05) is 38.3 Å². The molecule has 132 valence electrons. The number of hydrogen-bond acceptors (Lipinski definition) is 4. The van der Waals surface area contributed by atoms with E-state index >= 15 is 0 Å². The van der Waals surface area contributed by atoms with E-state index < -0.39 is 0 Å². The van der Waals surface area contributed by atoms with Gasteiger partial charge >= 0.3 is 6.09 Å². The van der Waals surface area contributed by atoms with E-state index in [4.69, 9.17) is 10.5 Å². The van der Waals surface area contributed by atoms with E-state index in [1.165, 1.54) is 19.3 Å². The number of ether oxygens (including phenoxy) is 1. The Hall–Kier alpha value is -1.59. The number of nitrogens with two attached hydrogens (primary N) is 1. The smallest absolute Gasteiger partial charge is 0.410 e. The Labute approximate surface area is 144 Å². The summed E-state index contributed by atoms with van der Waals surface area (Å²) in [7, 11) is 0. The Morgan fingerprint density at radius 2 is 2.00 bits per heavy atom. The van der Waals surface area contributed by atoms with Crippen molar-refractivity contribution >= 4 is 6.09 Å². The molecule has 5 nitrogen and oxygen atoms in total. The molecule has 1 aromatic rings. The van der Waals surface area contributed by atoms with Gasteiger partial charge in [-0.2, -0.15) is 0 Å². The SMILES string of the molecule is NCCN(CC1CCCCN1C(=O)OCc1ccccc1)C1CC1. The number of carbonyl (C=O) groups excluding carboxylic acids is 1. The molecule has 5 heteroatoms. The molecule has 0 bridgehead atoms. The molecule has 3 rings (SSSR count). The van der Waals surface area contributed by atoms with Crippen LogP contribution >= 0.6 is 0 Å². The molecule has 1 saturated heterocycles. The summed E-state index contributed by atoms with van der Waals surface area (Å²) in [5, 5.41) is 0. The molecule has 1 amide bonds. The minimum Gasteiger partial charge on any atom is -0.445 e. The molecule has 1 atom stereocenters. The summed E-state index contributed by atoms with van der Waals surface area (Å²) in [6.07, 6.45) is 5.68. The third-order valence-electron chi connectivity index (χ3n) is 4.99. The van der Waals surface area contributed by atoms with Crippen LogP contribution in [0.3, 0.4) is 0 Å². The van der Waals surface area contributed by atoms with Crippen LogP contribution in [-0.2, 0) is 11.3 Å². The zero-order valence-corrected chi connectivity index (χ0v) is 14.4. The summed E-state index contributed by atoms with van der Waals surface area (Å²) >= 11 is 0. The van der Waals surface area contributed by atoms with E-state index in [0.29, 0.717) is 19.2 Å². The standard InChI is InChI=1S/C19H29N3O2/c20-11-13-21(17-9-10-17)14-18-8-4-5-12-22(18)19(23)24-15-16-6-2-1-3-7-16/h1-3,6-7,17-18H,4-5,8-15,20H2. The molecule has 0 spiro atoms. The van der Waals surface area contributed by atoms with Gasteiger partial charge in [-0.3, -0.25) is 4.90 Å². The monoisotopic (exact) mass is 331 g/mol. The summed E-state index contributed by atoms with van der Waals surface area (Å²) in [5.41, 5.74) is 6.79. The topological polar surface area (TPSA) is 58.8 Å². The normalized spacial score (nSPS) is 21.1. The summed E-state index contributed by atoms with van der Waals surface area (Å²) in [4.78, 5) is 17.0. The van der Waals surface area contributed by atoms with Crippen LogP contribution in [-0.4, -0.2) is 54.2 Å². The van der Waals surface area contributed by atoms with Gasteiger partial charge < -0.3 is 15.4 Å². The van der Waals surface area contributed by atoms with Crippen molar-refractivity contribution in [1.29, 1.82) is 0 Å². The van der Waals surface area contributed by atoms with Gasteiger partial charge in [0.05, 0.1) is 0 Å². The van der Waals surface area contributed by atoms with Crippen LogP contribution in [0.5, 0.6) is 0 Å². The zero-order chi connectivity index (χ0) is 16.8. The number of rotatable bonds is 7. The fourth-order valence-electron chi connectivity index (χ4n) is 3.53. The van der Waals surface area contributed by atoms with Gasteiger partial charge in [0.25, 0.3) is 0 Å². The number of likely N-dealkylation sites (tertiary alicyclic amines) is 1. The minimum absolute atomic E-state index is 0.174. The number of nitrogens with zero attached hydrogens (tertiary/aromatic N) is 2. The Bertz CT molecular complexity index is 519. The molecule has 2 N–H and O–H groups in total. The van der Waals surface area contributed by atoms with Crippen molar-refractivity contribution in [3.63, 3.8) is 0 Å². The van der Waals surface area contributed by atoms with Crippen LogP contribution < -0.4 is 5.73 Å². The first-order chi connectivity index (χ1) is 11.8. The van der Waals surface area contributed by atoms with Crippen LogP contribution in [0.15, 0.2) is 30.3 Å². The molecule has 1 heterocycles. The van der Waals surface area contributed by atoms with Crippen LogP contribution in [0.4, 0.5) is 4.79 Å². The van der Waals surface area contributed by atoms with Gasteiger partial charge in [0.2, 0.25) is 0 Å². The Balaban J connectivity index is 1.55. The molecule has 0 radical (unpaired) electrons. The number of carbonyl (C=O) groups is 1. The van der Waals surface area contributed by atoms with Gasteiger partial charge in [-0.05, 0) is 37.7 Å². The molecular formula is C19H29N3O2. The van der Waals surface area contributed by atoms with Crippen LogP contribution in [0.1, 0.15) is 37.7 Å². The van der Waals surface area contributed by atoms with Crippen molar-refractivity contribution in [1.82, 2.24) is 9.80 Å². The van der Waals surface area contributed by atoms with Gasteiger partial charge in [-0.15, -0.1) is 0 Å². The van der Waals surface area contributed by atoms with Crippen molar-refractivity contribution in [3.05, 3.63) is 35.9 Å². The molecule has 1 saturated carbocycles. The maximum absolute atomic E-state index is 12.6. The second-order valence-corrected chi connectivity index (χ2v) is 6.90. The lowest BCUT2D eigenvalue weighted by molar-refractivity contribution is 0.0556. The first-order valence-corrected chi connectivity index (χ1v) is 9.19.